The third-order valence-corrected chi connectivity index (χ3v) is 15.3. The summed E-state index contributed by atoms with van der Waals surface area (Å²) in [6.07, 6.45) is 7.43. The Morgan fingerprint density at radius 2 is 1.49 bits per heavy atom. The van der Waals surface area contributed by atoms with Crippen molar-refractivity contribution in [1.82, 2.24) is 9.55 Å². The maximum Gasteiger partial charge on any atom is 0.481 e. The molecule has 0 aliphatic carbocycles. The van der Waals surface area contributed by atoms with Gasteiger partial charge >= 0.3 is 33.3 Å². The van der Waals surface area contributed by atoms with Gasteiger partial charge in [-0.1, -0.05) is 136 Å². The van der Waals surface area contributed by atoms with E-state index in [2.05, 4.69) is 23.1 Å². The van der Waals surface area contributed by atoms with Crippen LogP contribution in [0.1, 0.15) is 175 Å². The Kier molecular flexibility index (Phi) is 29.1. The van der Waals surface area contributed by atoms with Crippen molar-refractivity contribution in [3.05, 3.63) is 34.9 Å². The number of anilines is 1. The monoisotopic (exact) mass is 1050 g/mol. The number of hydrogen-bond donors (Lipinski definition) is 7. The summed E-state index contributed by atoms with van der Waals surface area (Å²) in [5.74, 6) is -4.27. The van der Waals surface area contributed by atoms with Gasteiger partial charge in [0.15, 0.2) is 6.10 Å². The van der Waals surface area contributed by atoms with E-state index in [-0.39, 0.29) is 31.5 Å². The van der Waals surface area contributed by atoms with Crippen molar-refractivity contribution in [3.63, 3.8) is 0 Å². The highest BCUT2D eigenvalue weighted by molar-refractivity contribution is 7.61. The highest BCUT2D eigenvalue weighted by atomic mass is 31.3. The summed E-state index contributed by atoms with van der Waals surface area (Å²) in [7, 11) is -11.3. The summed E-state index contributed by atoms with van der Waals surface area (Å²) < 4.78 is 58.9. The lowest BCUT2D eigenvalue weighted by molar-refractivity contribution is -0.188. The molecule has 0 spiro atoms. The molecule has 408 valence electrons. The van der Waals surface area contributed by atoms with E-state index < -0.39 is 120 Å². The van der Waals surface area contributed by atoms with E-state index in [1.165, 1.54) is 62.9 Å². The van der Waals surface area contributed by atoms with Gasteiger partial charge in [-0.3, -0.25) is 28.0 Å². The summed E-state index contributed by atoms with van der Waals surface area (Å²) in [5, 5.41) is 45.7. The number of ketones is 1. The molecular weight excluding hydrogens is 968 g/mol. The molecule has 2 bridgehead atoms. The predicted molar refractivity (Wildman–Crippen MR) is 262 cm³/mol. The number of hydrogen-bond acceptors (Lipinski definition) is 18. The average Bonchev–Trinajstić information content (AvgIpc) is 3.29. The molecular formula is C48H83N3O18P2. The number of Topliss-reactive ketones (excluding diaryl/α,β-unsaturated/α-hetero) is 1. The maximum atomic E-state index is 13.9. The molecule has 2 fully saturated rings. The number of unbranched alkanes of at least 4 members (excludes halogenated alkanes) is 11. The Bertz CT molecular complexity index is 1920. The van der Waals surface area contributed by atoms with Gasteiger partial charge < -0.3 is 50.2 Å². The quantitative estimate of drug-likeness (QED) is 0.0269. The number of aromatic nitrogens is 2. The first-order valence-electron chi connectivity index (χ1n) is 25.7. The number of nitrogens with zero attached hydrogens (tertiary/aromatic N) is 2. The highest BCUT2D eigenvalue weighted by Gasteiger charge is 2.45. The summed E-state index contributed by atoms with van der Waals surface area (Å²) in [6, 6.07) is 1.24. The second kappa shape index (κ2) is 33.1. The van der Waals surface area contributed by atoms with E-state index >= 15 is 0 Å². The highest BCUT2D eigenvalue weighted by Crippen LogP contribution is 2.60. The number of ether oxygens (including phenoxy) is 3. The number of nitrogens with two attached hydrogens (primary N) is 1. The summed E-state index contributed by atoms with van der Waals surface area (Å²) in [6.45, 7) is 3.77. The summed E-state index contributed by atoms with van der Waals surface area (Å²) in [5.41, 5.74) is 4.78. The van der Waals surface area contributed by atoms with Crippen molar-refractivity contribution in [2.75, 3.05) is 25.6 Å². The molecule has 23 heteroatoms. The molecule has 11 atom stereocenters. The predicted octanol–water partition coefficient (Wildman–Crippen LogP) is 6.89. The van der Waals surface area contributed by atoms with Crippen LogP contribution in [0, 0.1) is 17.8 Å². The van der Waals surface area contributed by atoms with Gasteiger partial charge in [0, 0.05) is 31.4 Å². The van der Waals surface area contributed by atoms with Crippen molar-refractivity contribution < 1.29 is 81.3 Å². The van der Waals surface area contributed by atoms with Gasteiger partial charge in [-0.05, 0) is 37.7 Å². The Hall–Kier alpha value is -2.91. The standard InChI is InChI=1S/C48H83N3O18P2/c1-4-5-16-22-35(52)26-27-37-39(53)30-40(54)38-23-18-14-15-20-25-44(56)67-36(31-64-43(55)24-19-13-11-9-7-6-8-10-12-17-21-34(2)3)32-65-70(60,61)69-71(62,63)66-33-41(46(58)45(37)57)68-47(38)51-29-28-42(49)50-48(51)59/h26-29,34-38,40-41,45-47,52,54,57-58H,4-25,30-33H2,1-3H3,(H,60,61)(H,62,63)(H2,49,50,59)/b27-26-/t35-,36+,37-,38-,40-,41+,45-,46+,47+/m0/s1. The first-order valence-corrected chi connectivity index (χ1v) is 28.7. The lowest BCUT2D eigenvalue weighted by Gasteiger charge is -2.39. The van der Waals surface area contributed by atoms with Crippen molar-refractivity contribution in [2.24, 2.45) is 17.8 Å². The number of phosphoric ester groups is 2. The molecule has 21 nitrogen and oxygen atoms in total. The third-order valence-electron chi connectivity index (χ3n) is 12.7. The molecule has 2 unspecified atom stereocenters. The normalized spacial score (nSPS) is 29.7. The molecule has 8 N–H and O–H groups in total. The molecule has 0 aromatic carbocycles. The third kappa shape index (κ3) is 24.8. The van der Waals surface area contributed by atoms with Crippen LogP contribution < -0.4 is 11.4 Å². The topological polar surface area (TPSA) is 323 Å². The number of fused-ring (bicyclic) bond motifs is 3. The molecule has 0 saturated carbocycles. The second-order valence-corrected chi connectivity index (χ2v) is 22.3. The zero-order valence-electron chi connectivity index (χ0n) is 41.9. The zero-order valence-corrected chi connectivity index (χ0v) is 43.7. The van der Waals surface area contributed by atoms with Crippen LogP contribution in [0.3, 0.4) is 0 Å². The largest absolute Gasteiger partial charge is 0.481 e. The van der Waals surface area contributed by atoms with Gasteiger partial charge in [-0.2, -0.15) is 9.29 Å². The van der Waals surface area contributed by atoms with Crippen LogP contribution in [0.5, 0.6) is 0 Å². The van der Waals surface area contributed by atoms with E-state index in [1.54, 1.807) is 0 Å². The first kappa shape index (κ1) is 62.4. The van der Waals surface area contributed by atoms with Gasteiger partial charge in [-0.15, -0.1) is 0 Å². The zero-order chi connectivity index (χ0) is 52.4. The number of phosphoric acid groups is 2. The Labute approximate surface area is 418 Å². The number of carbonyl (C=O) groups is 3. The molecule has 1 aromatic heterocycles. The van der Waals surface area contributed by atoms with Crippen molar-refractivity contribution in [1.29, 1.82) is 0 Å². The van der Waals surface area contributed by atoms with Crippen LogP contribution in [0.4, 0.5) is 5.82 Å². The van der Waals surface area contributed by atoms with Gasteiger partial charge in [-0.25, -0.2) is 13.9 Å². The van der Waals surface area contributed by atoms with E-state index in [4.69, 9.17) is 29.0 Å². The van der Waals surface area contributed by atoms with E-state index in [0.717, 1.165) is 49.0 Å². The van der Waals surface area contributed by atoms with Crippen LogP contribution in [-0.4, -0.2) is 114 Å². The average molecular weight is 1050 g/mol. The lowest BCUT2D eigenvalue weighted by atomic mass is 9.83. The number of aliphatic hydroxyl groups is 4. The maximum absolute atomic E-state index is 13.9. The van der Waals surface area contributed by atoms with Crippen molar-refractivity contribution in [3.8, 4) is 0 Å². The molecule has 2 saturated heterocycles. The number of aliphatic hydroxyl groups excluding tert-OH is 4. The van der Waals surface area contributed by atoms with Crippen molar-refractivity contribution >= 4 is 39.2 Å². The minimum Gasteiger partial charge on any atom is -0.462 e. The van der Waals surface area contributed by atoms with E-state index in [0.29, 0.717) is 38.5 Å². The molecule has 0 amide bonds. The Morgan fingerprint density at radius 1 is 0.873 bits per heavy atom. The number of rotatable bonds is 22. The molecule has 2 aliphatic rings. The smallest absolute Gasteiger partial charge is 0.462 e. The van der Waals surface area contributed by atoms with Crippen LogP contribution in [0.25, 0.3) is 0 Å². The molecule has 71 heavy (non-hydrogen) atoms. The van der Waals surface area contributed by atoms with Crippen LogP contribution in [0.15, 0.2) is 29.2 Å². The fourth-order valence-electron chi connectivity index (χ4n) is 8.58. The number of carbonyl (C=O) groups excluding carboxylic acids is 3. The summed E-state index contributed by atoms with van der Waals surface area (Å²) in [4.78, 5) is 78.0. The van der Waals surface area contributed by atoms with Gasteiger partial charge in [0.25, 0.3) is 0 Å². The Balaban J connectivity index is 1.80. The van der Waals surface area contributed by atoms with Crippen LogP contribution >= 0.6 is 15.6 Å². The van der Waals surface area contributed by atoms with Gasteiger partial charge in [0.1, 0.15) is 36.6 Å². The minimum absolute atomic E-state index is 0.0576. The minimum atomic E-state index is -5.71. The molecule has 0 radical (unpaired) electrons. The lowest BCUT2D eigenvalue weighted by Crippen LogP contribution is -2.51. The number of esters is 2. The van der Waals surface area contributed by atoms with Gasteiger partial charge in [0.2, 0.25) is 0 Å². The van der Waals surface area contributed by atoms with Crippen molar-refractivity contribution in [2.45, 2.75) is 211 Å². The van der Waals surface area contributed by atoms with E-state index in [9.17, 15) is 58.5 Å². The molecule has 3 heterocycles. The fraction of sp³-hybridized carbons (Fsp3) is 0.812. The number of cyclic esters (lactones) is 1. The van der Waals surface area contributed by atoms with Crippen LogP contribution in [0.2, 0.25) is 0 Å². The molecule has 2 aliphatic heterocycles. The fourth-order valence-corrected chi connectivity index (χ4v) is 10.7. The SMILES string of the molecule is CCCCC[C@H](O)/C=C\[C@H]1C(=O)C[C@H](O)[C@@H]2CCCCCCC(=O)O[C@H](COC(=O)CCCCCCCCCCCCC(C)C)COP(=O)(O)OP(=O)(O)OC[C@@H](O[C@H]2n2ccc(N)nc2=O)[C@@H](O)[C@H]1O. The first-order chi connectivity index (χ1) is 33.7. The molecule has 1 aromatic rings. The molecule has 3 rings (SSSR count). The number of nitrogen functional groups attached to an aromatic ring is 1. The van der Waals surface area contributed by atoms with E-state index in [1.807, 2.05) is 6.92 Å². The second-order valence-electron chi connectivity index (χ2n) is 19.3. The summed E-state index contributed by atoms with van der Waals surface area (Å²) >= 11 is 0. The van der Waals surface area contributed by atoms with Crippen LogP contribution in [-0.2, 0) is 51.1 Å². The Morgan fingerprint density at radius 3 is 2.14 bits per heavy atom. The van der Waals surface area contributed by atoms with Gasteiger partial charge in [0.05, 0.1) is 37.4 Å².